The number of carbonyl (C=O) groups is 2. The molecule has 0 spiro atoms. The van der Waals surface area contributed by atoms with Crippen molar-refractivity contribution in [2.75, 3.05) is 6.54 Å². The van der Waals surface area contributed by atoms with Crippen LogP contribution in [0.5, 0.6) is 0 Å². The maximum atomic E-state index is 12.5. The molecule has 25 heavy (non-hydrogen) atoms. The van der Waals surface area contributed by atoms with Crippen LogP contribution in [0.1, 0.15) is 44.1 Å². The molecule has 1 aromatic heterocycles. The molecule has 0 radical (unpaired) electrons. The van der Waals surface area contributed by atoms with Gasteiger partial charge in [-0.05, 0) is 26.3 Å². The molecule has 0 aliphatic rings. The number of aryl methyl sites for hydroxylation is 1. The molecule has 1 N–H and O–H groups in total. The van der Waals surface area contributed by atoms with Crippen LogP contribution in [0.25, 0.3) is 10.8 Å². The van der Waals surface area contributed by atoms with Crippen LogP contribution in [0, 0.1) is 0 Å². The minimum atomic E-state index is -0.941. The molecule has 1 heterocycles. The summed E-state index contributed by atoms with van der Waals surface area (Å²) >= 11 is 0. The quantitative estimate of drug-likeness (QED) is 0.774. The van der Waals surface area contributed by atoms with E-state index in [0.717, 1.165) is 12.8 Å². The Balaban J connectivity index is 2.42. The number of hydrogen-bond donors (Lipinski definition) is 1. The average Bonchev–Trinajstić information content (AvgIpc) is 2.61. The third kappa shape index (κ3) is 4.23. The molecule has 0 bridgehead atoms. The molecule has 2 aromatic rings. The van der Waals surface area contributed by atoms with Gasteiger partial charge < -0.3 is 10.1 Å². The van der Waals surface area contributed by atoms with Gasteiger partial charge in [-0.1, -0.05) is 31.5 Å². The highest BCUT2D eigenvalue weighted by Crippen LogP contribution is 2.15. The van der Waals surface area contributed by atoms with Crippen molar-refractivity contribution in [1.82, 2.24) is 15.1 Å². The van der Waals surface area contributed by atoms with Crippen LogP contribution in [0.3, 0.4) is 0 Å². The number of hydrogen-bond acceptors (Lipinski definition) is 5. The fourth-order valence-corrected chi connectivity index (χ4v) is 2.43. The number of esters is 1. The Morgan fingerprint density at radius 1 is 1.24 bits per heavy atom. The van der Waals surface area contributed by atoms with E-state index in [2.05, 4.69) is 10.4 Å². The SMILES string of the molecule is CCCCn1nc(C(=O)O[C@@H](C)C(=O)NCC)c2ccccc2c1=O. The molecular formula is C18H23N3O4. The monoisotopic (exact) mass is 345 g/mol. The first kappa shape index (κ1) is 18.6. The zero-order valence-electron chi connectivity index (χ0n) is 14.7. The summed E-state index contributed by atoms with van der Waals surface area (Å²) in [6, 6.07) is 6.78. The number of nitrogens with zero attached hydrogens (tertiary/aromatic N) is 2. The van der Waals surface area contributed by atoms with Gasteiger partial charge in [-0.2, -0.15) is 5.10 Å². The number of amides is 1. The number of ether oxygens (including phenoxy) is 1. The molecule has 0 aliphatic heterocycles. The smallest absolute Gasteiger partial charge is 0.360 e. The lowest BCUT2D eigenvalue weighted by atomic mass is 10.1. The molecule has 1 aromatic carbocycles. The fraction of sp³-hybridized carbons (Fsp3) is 0.444. The average molecular weight is 345 g/mol. The van der Waals surface area contributed by atoms with Crippen molar-refractivity contribution in [1.29, 1.82) is 0 Å². The number of unbranched alkanes of at least 4 members (excludes halogenated alkanes) is 1. The Morgan fingerprint density at radius 3 is 2.56 bits per heavy atom. The van der Waals surface area contributed by atoms with Gasteiger partial charge in [0.05, 0.1) is 5.39 Å². The summed E-state index contributed by atoms with van der Waals surface area (Å²) < 4.78 is 6.52. The zero-order valence-corrected chi connectivity index (χ0v) is 14.7. The summed E-state index contributed by atoms with van der Waals surface area (Å²) in [5, 5.41) is 7.62. The number of rotatable bonds is 7. The Hall–Kier alpha value is -2.70. The Labute approximate surface area is 146 Å². The van der Waals surface area contributed by atoms with E-state index in [1.807, 2.05) is 6.92 Å². The van der Waals surface area contributed by atoms with Crippen LogP contribution in [-0.4, -0.2) is 34.3 Å². The summed E-state index contributed by atoms with van der Waals surface area (Å²) in [5.41, 5.74) is -0.195. The highest BCUT2D eigenvalue weighted by atomic mass is 16.5. The van der Waals surface area contributed by atoms with E-state index >= 15 is 0 Å². The zero-order chi connectivity index (χ0) is 18.4. The van der Waals surface area contributed by atoms with Gasteiger partial charge in [-0.3, -0.25) is 9.59 Å². The third-order valence-electron chi connectivity index (χ3n) is 3.79. The molecule has 7 heteroatoms. The van der Waals surface area contributed by atoms with E-state index in [1.54, 1.807) is 31.2 Å². The Kier molecular flexibility index (Phi) is 6.27. The van der Waals surface area contributed by atoms with Crippen molar-refractivity contribution in [3.05, 3.63) is 40.3 Å². The first-order chi connectivity index (χ1) is 12.0. The van der Waals surface area contributed by atoms with Crippen molar-refractivity contribution in [3.8, 4) is 0 Å². The molecule has 2 rings (SSSR count). The van der Waals surface area contributed by atoms with Gasteiger partial charge in [0, 0.05) is 18.5 Å². The van der Waals surface area contributed by atoms with E-state index in [4.69, 9.17) is 4.74 Å². The molecule has 134 valence electrons. The maximum Gasteiger partial charge on any atom is 0.360 e. The number of fused-ring (bicyclic) bond motifs is 1. The molecule has 0 fully saturated rings. The maximum absolute atomic E-state index is 12.5. The minimum absolute atomic E-state index is 0.0439. The molecule has 0 saturated heterocycles. The van der Waals surface area contributed by atoms with Crippen LogP contribution in [0.2, 0.25) is 0 Å². The summed E-state index contributed by atoms with van der Waals surface area (Å²) in [6.07, 6.45) is 0.730. The number of benzene rings is 1. The van der Waals surface area contributed by atoms with Gasteiger partial charge in [0.25, 0.3) is 11.5 Å². The molecule has 1 atom stereocenters. The van der Waals surface area contributed by atoms with E-state index < -0.39 is 12.1 Å². The van der Waals surface area contributed by atoms with Crippen molar-refractivity contribution in [2.24, 2.45) is 0 Å². The second-order valence-corrected chi connectivity index (χ2v) is 5.72. The highest BCUT2D eigenvalue weighted by Gasteiger charge is 2.22. The first-order valence-electron chi connectivity index (χ1n) is 8.48. The molecule has 0 aliphatic carbocycles. The molecule has 1 amide bonds. The second-order valence-electron chi connectivity index (χ2n) is 5.72. The Morgan fingerprint density at radius 2 is 1.92 bits per heavy atom. The number of aromatic nitrogens is 2. The normalized spacial score (nSPS) is 12.0. The van der Waals surface area contributed by atoms with Crippen molar-refractivity contribution in [3.63, 3.8) is 0 Å². The molecule has 7 nitrogen and oxygen atoms in total. The number of likely N-dealkylation sites (N-methyl/N-ethyl adjacent to an activating group) is 1. The van der Waals surface area contributed by atoms with Crippen LogP contribution >= 0.6 is 0 Å². The van der Waals surface area contributed by atoms with Crippen LogP contribution in [-0.2, 0) is 16.1 Å². The van der Waals surface area contributed by atoms with Crippen LogP contribution < -0.4 is 10.9 Å². The molecule has 0 saturated carbocycles. The van der Waals surface area contributed by atoms with Crippen molar-refractivity contribution >= 4 is 22.6 Å². The standard InChI is InChI=1S/C18H23N3O4/c1-4-6-11-21-17(23)14-10-8-7-9-13(14)15(20-21)18(24)25-12(3)16(22)19-5-2/h7-10,12H,4-6,11H2,1-3H3,(H,19,22)/t12-/m0/s1. The van der Waals surface area contributed by atoms with Gasteiger partial charge in [0.15, 0.2) is 11.8 Å². The van der Waals surface area contributed by atoms with Gasteiger partial charge in [0.1, 0.15) is 0 Å². The third-order valence-corrected chi connectivity index (χ3v) is 3.79. The van der Waals surface area contributed by atoms with Crippen molar-refractivity contribution in [2.45, 2.75) is 46.3 Å². The number of nitrogens with one attached hydrogen (secondary N) is 1. The van der Waals surface area contributed by atoms with Gasteiger partial charge in [0.2, 0.25) is 0 Å². The first-order valence-corrected chi connectivity index (χ1v) is 8.48. The summed E-state index contributed by atoms with van der Waals surface area (Å²) in [7, 11) is 0. The number of carbonyl (C=O) groups excluding carboxylic acids is 2. The summed E-state index contributed by atoms with van der Waals surface area (Å²) in [6.45, 7) is 6.16. The molecular weight excluding hydrogens is 322 g/mol. The highest BCUT2D eigenvalue weighted by molar-refractivity contribution is 6.02. The Bertz CT molecular complexity index is 829. The largest absolute Gasteiger partial charge is 0.448 e. The topological polar surface area (TPSA) is 90.3 Å². The van der Waals surface area contributed by atoms with Crippen LogP contribution in [0.15, 0.2) is 29.1 Å². The minimum Gasteiger partial charge on any atom is -0.448 e. The summed E-state index contributed by atoms with van der Waals surface area (Å²) in [5.74, 6) is -1.10. The van der Waals surface area contributed by atoms with Gasteiger partial charge >= 0.3 is 5.97 Å². The van der Waals surface area contributed by atoms with E-state index in [1.165, 1.54) is 11.6 Å². The lowest BCUT2D eigenvalue weighted by Crippen LogP contribution is -2.36. The predicted octanol–water partition coefficient (Wildman–Crippen LogP) is 1.88. The van der Waals surface area contributed by atoms with Gasteiger partial charge in [-0.15, -0.1) is 0 Å². The fourth-order valence-electron chi connectivity index (χ4n) is 2.43. The predicted molar refractivity (Wildman–Crippen MR) is 94.5 cm³/mol. The van der Waals surface area contributed by atoms with E-state index in [-0.39, 0.29) is 17.2 Å². The van der Waals surface area contributed by atoms with Crippen LogP contribution in [0.4, 0.5) is 0 Å². The lowest BCUT2D eigenvalue weighted by Gasteiger charge is -2.14. The summed E-state index contributed by atoms with van der Waals surface area (Å²) in [4.78, 5) is 36.8. The lowest BCUT2D eigenvalue weighted by molar-refractivity contribution is -0.128. The van der Waals surface area contributed by atoms with E-state index in [9.17, 15) is 14.4 Å². The van der Waals surface area contributed by atoms with Crippen molar-refractivity contribution < 1.29 is 14.3 Å². The van der Waals surface area contributed by atoms with Gasteiger partial charge in [-0.25, -0.2) is 9.48 Å². The second kappa shape index (κ2) is 8.41. The molecule has 0 unspecified atom stereocenters. The van der Waals surface area contributed by atoms with E-state index in [0.29, 0.717) is 23.9 Å².